The molecule has 0 aliphatic rings. The fourth-order valence-corrected chi connectivity index (χ4v) is 0. The third-order valence-corrected chi connectivity index (χ3v) is 0. The molecule has 1 nitrogen and oxygen atoms in total. The third kappa shape index (κ3) is 22.5. The van der Waals surface area contributed by atoms with E-state index >= 15 is 0 Å². The Morgan fingerprint density at radius 2 is 1.17 bits per heavy atom. The van der Waals surface area contributed by atoms with E-state index in [9.17, 15) is 0 Å². The van der Waals surface area contributed by atoms with Gasteiger partial charge >= 0.3 is 111 Å². The second-order valence-electron chi connectivity index (χ2n) is 0. The fraction of sp³-hybridized carbons (Fsp3) is 0. The van der Waals surface area contributed by atoms with Crippen molar-refractivity contribution in [2.24, 2.45) is 0 Å². The first kappa shape index (κ1) is 40.0. The number of hydrogen-bond donors (Lipinski definition) is 0. The molecule has 0 heterocycles. The predicted molar refractivity (Wildman–Crippen MR) is 16.6 cm³/mol. The summed E-state index contributed by atoms with van der Waals surface area (Å²) >= 11 is 0. The summed E-state index contributed by atoms with van der Waals surface area (Å²) in [4.78, 5) is 0. The largest absolute Gasteiger partial charge is 2.00 e. The molecular formula is H4BaCuGdHoOSr. The van der Waals surface area contributed by atoms with E-state index in [-0.39, 0.29) is 200 Å². The molecule has 0 unspecified atom stereocenters. The summed E-state index contributed by atoms with van der Waals surface area (Å²) in [7, 11) is 0. The van der Waals surface area contributed by atoms with Crippen LogP contribution < -0.4 is 0 Å². The van der Waals surface area contributed by atoms with Crippen molar-refractivity contribution < 1.29 is 106 Å². The molecule has 44 valence electrons. The Hall–Kier alpha value is 6.12. The molecule has 0 fully saturated rings. The van der Waals surface area contributed by atoms with E-state index < -0.39 is 0 Å². The Morgan fingerprint density at radius 1 is 1.17 bits per heavy atom. The minimum absolute atomic E-state index is 0. The van der Waals surface area contributed by atoms with E-state index in [4.69, 9.17) is 0 Å². The quantitative estimate of drug-likeness (QED) is 0.326. The van der Waals surface area contributed by atoms with Gasteiger partial charge in [-0.1, -0.05) is 0 Å². The normalized spacial score (nSPS) is 0. The van der Waals surface area contributed by atoms with E-state index in [0.29, 0.717) is 0 Å². The van der Waals surface area contributed by atoms with Gasteiger partial charge in [0, 0.05) is 77.7 Å². The van der Waals surface area contributed by atoms with Gasteiger partial charge in [-0.3, -0.25) is 0 Å². The fourth-order valence-electron chi connectivity index (χ4n) is 0. The Bertz CT molecular complexity index is 25.2. The minimum Gasteiger partial charge on any atom is -2.00 e. The van der Waals surface area contributed by atoms with Crippen LogP contribution in [0.1, 0.15) is 5.71 Å². The smallest absolute Gasteiger partial charge is 2.00 e. The van der Waals surface area contributed by atoms with Gasteiger partial charge in [0.15, 0.2) is 0 Å². The molecule has 0 saturated heterocycles. The van der Waals surface area contributed by atoms with Gasteiger partial charge in [0.05, 0.1) is 0 Å². The maximum absolute atomic E-state index is 0. The van der Waals surface area contributed by atoms with Crippen molar-refractivity contribution in [3.8, 4) is 0 Å². The van der Waals surface area contributed by atoms with Gasteiger partial charge in [0.2, 0.25) is 0 Å². The Morgan fingerprint density at radius 3 is 1.17 bits per heavy atom. The zero-order valence-electron chi connectivity index (χ0n) is 6.78. The molecule has 2 radical (unpaired) electrons. The summed E-state index contributed by atoms with van der Waals surface area (Å²) in [5.74, 6) is 0. The molecule has 0 aliphatic carbocycles. The first-order chi connectivity index (χ1) is 0. The monoisotopic (exact) mass is 632 g/mol. The van der Waals surface area contributed by atoms with Crippen LogP contribution in [-0.2, 0) is 22.5 Å². The third-order valence-electron chi connectivity index (χ3n) is 0. The predicted octanol–water partition coefficient (Wildman–Crippen LogP) is -0.433. The first-order valence-corrected chi connectivity index (χ1v) is 0. The molecule has 0 rings (SSSR count). The van der Waals surface area contributed by atoms with Crippen LogP contribution in [-0.4, -0.2) is 94.4 Å². The molecule has 0 aromatic heterocycles. The standard InChI is InChI=1S/Ba.Cu.Gd.Ho.O.Sr.4H/q2*+2;;;-2;+2;4*-1. The molecule has 0 N–H and O–H groups in total. The van der Waals surface area contributed by atoms with Crippen molar-refractivity contribution in [2.75, 3.05) is 0 Å². The number of rotatable bonds is 0. The molecule has 0 amide bonds. The van der Waals surface area contributed by atoms with Crippen LogP contribution in [0, 0.1) is 77.7 Å². The van der Waals surface area contributed by atoms with Crippen molar-refractivity contribution in [3.05, 3.63) is 0 Å². The zero-order valence-corrected chi connectivity index (χ0v) is 15.8. The zero-order chi connectivity index (χ0) is 0. The van der Waals surface area contributed by atoms with Gasteiger partial charge in [0.25, 0.3) is 0 Å². The summed E-state index contributed by atoms with van der Waals surface area (Å²) in [5, 5.41) is 0. The molecule has 0 atom stereocenters. The summed E-state index contributed by atoms with van der Waals surface area (Å²) in [5.41, 5.74) is 0. The minimum atomic E-state index is 0. The van der Waals surface area contributed by atoms with Crippen LogP contribution in [0.15, 0.2) is 0 Å². The molecule has 6 heteroatoms. The van der Waals surface area contributed by atoms with E-state index in [1.54, 1.807) is 0 Å². The molecule has 0 saturated carbocycles. The van der Waals surface area contributed by atoms with Crippen LogP contribution in [0.2, 0.25) is 0 Å². The summed E-state index contributed by atoms with van der Waals surface area (Å²) < 4.78 is 0. The molecule has 0 aromatic carbocycles. The van der Waals surface area contributed by atoms with E-state index in [1.165, 1.54) is 0 Å². The molecule has 0 aromatic rings. The number of hydrogen-bond acceptors (Lipinski definition) is 0. The summed E-state index contributed by atoms with van der Waals surface area (Å²) in [6.45, 7) is 0. The molecule has 0 aliphatic heterocycles. The van der Waals surface area contributed by atoms with Crippen LogP contribution in [0.25, 0.3) is 0 Å². The van der Waals surface area contributed by atoms with Gasteiger partial charge in [-0.05, 0) is 0 Å². The average Bonchev–Trinajstić information content (AvgIpc) is 0. The topological polar surface area (TPSA) is 28.5 Å². The summed E-state index contributed by atoms with van der Waals surface area (Å²) in [6.07, 6.45) is 0. The SMILES string of the molecule is [Ba+2].[Cu+2].[Gd].[H-].[H-].[H-].[H-].[Ho].[O-2].[Sr+2]. The van der Waals surface area contributed by atoms with Crippen molar-refractivity contribution in [1.82, 2.24) is 0 Å². The van der Waals surface area contributed by atoms with Gasteiger partial charge in [0.1, 0.15) is 0 Å². The Labute approximate surface area is 194 Å². The maximum atomic E-state index is 0. The second kappa shape index (κ2) is 30.4. The maximum Gasteiger partial charge on any atom is 2.00 e. The van der Waals surface area contributed by atoms with Crippen molar-refractivity contribution in [1.29, 1.82) is 0 Å². The van der Waals surface area contributed by atoms with Gasteiger partial charge in [-0.15, -0.1) is 0 Å². The molecule has 0 spiro atoms. The second-order valence-corrected chi connectivity index (χ2v) is 0. The van der Waals surface area contributed by atoms with Gasteiger partial charge < -0.3 is 11.2 Å². The van der Waals surface area contributed by atoms with Gasteiger partial charge in [-0.2, -0.15) is 0 Å². The molecule has 0 bridgehead atoms. The molecular weight excluding hydrogens is 627 g/mol. The van der Waals surface area contributed by atoms with E-state index in [1.807, 2.05) is 0 Å². The average molecular weight is 631 g/mol. The van der Waals surface area contributed by atoms with Crippen molar-refractivity contribution in [3.63, 3.8) is 0 Å². The Kier molecular flexibility index (Phi) is 203. The van der Waals surface area contributed by atoms with E-state index in [0.717, 1.165) is 0 Å². The first-order valence-electron chi connectivity index (χ1n) is 0. The van der Waals surface area contributed by atoms with Crippen LogP contribution in [0.3, 0.4) is 0 Å². The van der Waals surface area contributed by atoms with E-state index in [2.05, 4.69) is 0 Å². The van der Waals surface area contributed by atoms with Crippen LogP contribution in [0.5, 0.6) is 0 Å². The van der Waals surface area contributed by atoms with Gasteiger partial charge in [-0.25, -0.2) is 0 Å². The summed E-state index contributed by atoms with van der Waals surface area (Å²) in [6, 6.07) is 0. The van der Waals surface area contributed by atoms with Crippen molar-refractivity contribution in [2.45, 2.75) is 0 Å². The Balaban J connectivity index is 0. The van der Waals surface area contributed by atoms with Crippen LogP contribution >= 0.6 is 0 Å². The van der Waals surface area contributed by atoms with Crippen LogP contribution in [0.4, 0.5) is 0 Å². The van der Waals surface area contributed by atoms with Crippen molar-refractivity contribution >= 4 is 94.4 Å². The molecule has 6 heavy (non-hydrogen) atoms.